The number of carbonyl (C=O) groups is 2. The summed E-state index contributed by atoms with van der Waals surface area (Å²) in [7, 11) is 0. The van der Waals surface area contributed by atoms with Crippen LogP contribution < -0.4 is 0 Å². The van der Waals surface area contributed by atoms with E-state index in [0.29, 0.717) is 0 Å². The molecule has 76 valence electrons. The fraction of sp³-hybridized carbons (Fsp3) is 0.600. The van der Waals surface area contributed by atoms with Crippen molar-refractivity contribution in [2.24, 2.45) is 0 Å². The van der Waals surface area contributed by atoms with Gasteiger partial charge in [-0.2, -0.15) is 0 Å². The molecule has 0 unspecified atom stereocenters. The molecular formula is C10H13NO3. The summed E-state index contributed by atoms with van der Waals surface area (Å²) in [5.41, 5.74) is 0. The molecule has 0 atom stereocenters. The van der Waals surface area contributed by atoms with E-state index in [2.05, 4.69) is 11.3 Å². The fourth-order valence-corrected chi connectivity index (χ4v) is 2.12. The third kappa shape index (κ3) is 1.41. The maximum absolute atomic E-state index is 11.4. The lowest BCUT2D eigenvalue weighted by Crippen LogP contribution is -2.37. The number of nitrogens with zero attached hydrogens (tertiary/aromatic N) is 1. The maximum Gasteiger partial charge on any atom is 0.404 e. The minimum atomic E-state index is -0.791. The maximum atomic E-state index is 11.4. The Hall–Kier alpha value is -1.32. The highest BCUT2D eigenvalue weighted by Gasteiger charge is 2.40. The molecule has 1 saturated heterocycles. The zero-order chi connectivity index (χ0) is 10.1. The van der Waals surface area contributed by atoms with Crippen molar-refractivity contribution < 1.29 is 14.3 Å². The zero-order valence-electron chi connectivity index (χ0n) is 7.99. The monoisotopic (exact) mass is 195 g/mol. The van der Waals surface area contributed by atoms with Crippen LogP contribution in [0.5, 0.6) is 0 Å². The molecule has 14 heavy (non-hydrogen) atoms. The minimum absolute atomic E-state index is 0.121. The zero-order valence-corrected chi connectivity index (χ0v) is 7.99. The molecule has 0 radical (unpaired) electrons. The summed E-state index contributed by atoms with van der Waals surface area (Å²) in [6, 6.07) is 0.121. The van der Waals surface area contributed by atoms with E-state index in [9.17, 15) is 9.59 Å². The second-order valence-corrected chi connectivity index (χ2v) is 3.75. The molecule has 1 saturated carbocycles. The number of amides is 1. The third-order valence-corrected chi connectivity index (χ3v) is 2.81. The van der Waals surface area contributed by atoms with E-state index in [-0.39, 0.29) is 11.9 Å². The molecular weight excluding hydrogens is 182 g/mol. The summed E-state index contributed by atoms with van der Waals surface area (Å²) in [4.78, 5) is 23.8. The second-order valence-electron chi connectivity index (χ2n) is 3.75. The minimum Gasteiger partial charge on any atom is -0.403 e. The highest BCUT2D eigenvalue weighted by atomic mass is 16.6. The predicted octanol–water partition coefficient (Wildman–Crippen LogP) is 1.18. The van der Waals surface area contributed by atoms with Crippen molar-refractivity contribution in [3.63, 3.8) is 0 Å². The van der Waals surface area contributed by atoms with Gasteiger partial charge in [-0.3, -0.25) is 9.69 Å². The van der Waals surface area contributed by atoms with Crippen LogP contribution in [0.3, 0.4) is 0 Å². The first-order valence-corrected chi connectivity index (χ1v) is 4.94. The van der Waals surface area contributed by atoms with Crippen LogP contribution in [0.4, 0.5) is 0 Å². The first kappa shape index (κ1) is 9.24. The molecule has 1 amide bonds. The van der Waals surface area contributed by atoms with Crippen LogP contribution in [-0.4, -0.2) is 22.8 Å². The molecule has 4 heteroatoms. The van der Waals surface area contributed by atoms with Crippen LogP contribution >= 0.6 is 0 Å². The Morgan fingerprint density at radius 3 is 2.36 bits per heavy atom. The van der Waals surface area contributed by atoms with Gasteiger partial charge < -0.3 is 4.74 Å². The van der Waals surface area contributed by atoms with Gasteiger partial charge in [0.25, 0.3) is 0 Å². The number of hydrogen-bond donors (Lipinski definition) is 0. The Kier molecular flexibility index (Phi) is 2.27. The van der Waals surface area contributed by atoms with Gasteiger partial charge in [0.15, 0.2) is 5.88 Å². The lowest BCUT2D eigenvalue weighted by Gasteiger charge is -2.28. The van der Waals surface area contributed by atoms with Gasteiger partial charge in [0.2, 0.25) is 0 Å². The van der Waals surface area contributed by atoms with E-state index < -0.39 is 11.9 Å². The summed E-state index contributed by atoms with van der Waals surface area (Å²) in [6.45, 7) is 3.57. The van der Waals surface area contributed by atoms with Crippen molar-refractivity contribution in [2.75, 3.05) is 0 Å². The normalized spacial score (nSPS) is 24.3. The number of cyclic esters (lactones) is 1. The van der Waals surface area contributed by atoms with Gasteiger partial charge in [-0.1, -0.05) is 19.3 Å². The van der Waals surface area contributed by atoms with Crippen molar-refractivity contribution in [3.05, 3.63) is 12.5 Å². The van der Waals surface area contributed by atoms with E-state index in [1.807, 2.05) is 0 Å². The number of esters is 1. The smallest absolute Gasteiger partial charge is 0.403 e. The summed E-state index contributed by atoms with van der Waals surface area (Å²) < 4.78 is 4.68. The van der Waals surface area contributed by atoms with E-state index in [0.717, 1.165) is 25.7 Å². The SMILES string of the molecule is C=C1OC(=O)C(=O)N1C1CCCCC1. The van der Waals surface area contributed by atoms with Crippen LogP contribution in [0, 0.1) is 0 Å². The van der Waals surface area contributed by atoms with Crippen LogP contribution in [0.15, 0.2) is 12.5 Å². The number of carbonyl (C=O) groups excluding carboxylic acids is 2. The predicted molar refractivity (Wildman–Crippen MR) is 49.0 cm³/mol. The first-order valence-electron chi connectivity index (χ1n) is 4.94. The third-order valence-electron chi connectivity index (χ3n) is 2.81. The molecule has 0 aromatic rings. The lowest BCUT2D eigenvalue weighted by atomic mass is 9.94. The quantitative estimate of drug-likeness (QED) is 0.466. The van der Waals surface area contributed by atoms with Crippen LogP contribution in [0.2, 0.25) is 0 Å². The van der Waals surface area contributed by atoms with E-state index in [1.165, 1.54) is 11.3 Å². The van der Waals surface area contributed by atoms with Crippen LogP contribution in [-0.2, 0) is 14.3 Å². The van der Waals surface area contributed by atoms with Crippen molar-refractivity contribution in [3.8, 4) is 0 Å². The molecule has 1 heterocycles. The molecule has 0 aromatic carbocycles. The topological polar surface area (TPSA) is 46.6 Å². The summed E-state index contributed by atoms with van der Waals surface area (Å²) >= 11 is 0. The Morgan fingerprint density at radius 2 is 1.86 bits per heavy atom. The average molecular weight is 195 g/mol. The molecule has 2 aliphatic rings. The van der Waals surface area contributed by atoms with Gasteiger partial charge in [0, 0.05) is 6.04 Å². The molecule has 0 spiro atoms. The number of rotatable bonds is 1. The van der Waals surface area contributed by atoms with Gasteiger partial charge in [-0.15, -0.1) is 0 Å². The first-order chi connectivity index (χ1) is 6.70. The highest BCUT2D eigenvalue weighted by molar-refractivity contribution is 6.34. The van der Waals surface area contributed by atoms with Crippen molar-refractivity contribution in [1.29, 1.82) is 0 Å². The van der Waals surface area contributed by atoms with E-state index >= 15 is 0 Å². The highest BCUT2D eigenvalue weighted by Crippen LogP contribution is 2.28. The fourth-order valence-electron chi connectivity index (χ4n) is 2.12. The standard InChI is InChI=1S/C10H13NO3/c1-7-11(9(12)10(13)14-7)8-5-3-2-4-6-8/h8H,1-6H2. The molecule has 1 aliphatic carbocycles. The Labute approximate surface area is 82.5 Å². The van der Waals surface area contributed by atoms with Crippen molar-refractivity contribution >= 4 is 11.9 Å². The summed E-state index contributed by atoms with van der Waals surface area (Å²) in [5.74, 6) is -1.14. The largest absolute Gasteiger partial charge is 0.404 e. The Bertz CT molecular complexity index is 292. The van der Waals surface area contributed by atoms with Gasteiger partial charge in [0.1, 0.15) is 0 Å². The van der Waals surface area contributed by atoms with Crippen molar-refractivity contribution in [2.45, 2.75) is 38.1 Å². The molecule has 0 aromatic heterocycles. The molecule has 0 bridgehead atoms. The Morgan fingerprint density at radius 1 is 1.21 bits per heavy atom. The molecule has 2 rings (SSSR count). The van der Waals surface area contributed by atoms with Crippen LogP contribution in [0.25, 0.3) is 0 Å². The van der Waals surface area contributed by atoms with Gasteiger partial charge in [0.05, 0.1) is 0 Å². The van der Waals surface area contributed by atoms with Gasteiger partial charge in [-0.05, 0) is 19.4 Å². The average Bonchev–Trinajstić information content (AvgIpc) is 2.43. The summed E-state index contributed by atoms with van der Waals surface area (Å²) in [6.07, 6.45) is 5.31. The Balaban J connectivity index is 2.12. The number of ether oxygens (including phenoxy) is 1. The van der Waals surface area contributed by atoms with Crippen LogP contribution in [0.1, 0.15) is 32.1 Å². The lowest BCUT2D eigenvalue weighted by molar-refractivity contribution is -0.148. The summed E-state index contributed by atoms with van der Waals surface area (Å²) in [5, 5.41) is 0. The molecule has 4 nitrogen and oxygen atoms in total. The van der Waals surface area contributed by atoms with Crippen molar-refractivity contribution in [1.82, 2.24) is 4.90 Å². The molecule has 2 fully saturated rings. The van der Waals surface area contributed by atoms with E-state index in [4.69, 9.17) is 0 Å². The molecule has 1 aliphatic heterocycles. The van der Waals surface area contributed by atoms with Gasteiger partial charge in [-0.25, -0.2) is 4.79 Å². The van der Waals surface area contributed by atoms with E-state index in [1.54, 1.807) is 0 Å². The molecule has 0 N–H and O–H groups in total. The second kappa shape index (κ2) is 3.44. The number of hydrogen-bond acceptors (Lipinski definition) is 3. The van der Waals surface area contributed by atoms with Gasteiger partial charge >= 0.3 is 11.9 Å².